The number of primary amides is 1. The Hall–Kier alpha value is -0.610. The topological polar surface area (TPSA) is 58.4 Å². The fourth-order valence-corrected chi connectivity index (χ4v) is 2.77. The van der Waals surface area contributed by atoms with Gasteiger partial charge in [0.25, 0.3) is 0 Å². The number of rotatable bonds is 8. The van der Waals surface area contributed by atoms with E-state index in [1.807, 2.05) is 14.0 Å². The van der Waals surface area contributed by atoms with Gasteiger partial charge in [-0.05, 0) is 45.7 Å². The van der Waals surface area contributed by atoms with E-state index in [9.17, 15) is 4.79 Å². The molecule has 1 atom stereocenters. The molecule has 0 bridgehead atoms. The number of carbonyl (C=O) groups excluding carboxylic acids is 1. The molecule has 1 saturated carbocycles. The molecular formula is C15H31N3O. The molecule has 1 aliphatic rings. The second-order valence-electron chi connectivity index (χ2n) is 6.54. The molecule has 0 saturated heterocycles. The molecule has 0 radical (unpaired) electrons. The molecule has 3 N–H and O–H groups in total. The Labute approximate surface area is 118 Å². The molecule has 112 valence electrons. The number of nitrogens with two attached hydrogens (primary N) is 1. The molecule has 0 heterocycles. The number of nitrogens with one attached hydrogen (secondary N) is 1. The highest BCUT2D eigenvalue weighted by Gasteiger charge is 2.34. The average Bonchev–Trinajstić information content (AvgIpc) is 2.87. The standard InChI is InChI=1S/C15H31N3O/c1-12(2)9-10-18(13-7-5-6-8-13)11-15(3,17-4)14(16)19/h12-13,17H,5-11H2,1-4H3,(H2,16,19). The zero-order chi connectivity index (χ0) is 14.5. The van der Waals surface area contributed by atoms with E-state index < -0.39 is 5.54 Å². The zero-order valence-electron chi connectivity index (χ0n) is 13.0. The maximum Gasteiger partial charge on any atom is 0.238 e. The lowest BCUT2D eigenvalue weighted by Gasteiger charge is -2.37. The Morgan fingerprint density at radius 2 is 2.00 bits per heavy atom. The van der Waals surface area contributed by atoms with E-state index in [-0.39, 0.29) is 5.91 Å². The molecule has 1 aliphatic carbocycles. The molecule has 19 heavy (non-hydrogen) atoms. The second-order valence-corrected chi connectivity index (χ2v) is 6.54. The molecular weight excluding hydrogens is 238 g/mol. The van der Waals surface area contributed by atoms with Crippen molar-refractivity contribution in [1.82, 2.24) is 10.2 Å². The predicted molar refractivity (Wildman–Crippen MR) is 79.9 cm³/mol. The van der Waals surface area contributed by atoms with Gasteiger partial charge in [0.05, 0.1) is 0 Å². The fourth-order valence-electron chi connectivity index (χ4n) is 2.77. The Balaban J connectivity index is 2.69. The minimum Gasteiger partial charge on any atom is -0.368 e. The molecule has 1 rings (SSSR count). The van der Waals surface area contributed by atoms with Crippen molar-refractivity contribution in [1.29, 1.82) is 0 Å². The predicted octanol–water partition coefficient (Wildman–Crippen LogP) is 1.74. The van der Waals surface area contributed by atoms with E-state index in [4.69, 9.17) is 5.73 Å². The van der Waals surface area contributed by atoms with Gasteiger partial charge in [-0.15, -0.1) is 0 Å². The average molecular weight is 269 g/mol. The van der Waals surface area contributed by atoms with Crippen LogP contribution < -0.4 is 11.1 Å². The van der Waals surface area contributed by atoms with Gasteiger partial charge in [-0.25, -0.2) is 0 Å². The van der Waals surface area contributed by atoms with Gasteiger partial charge in [0.15, 0.2) is 0 Å². The summed E-state index contributed by atoms with van der Waals surface area (Å²) in [4.78, 5) is 14.2. The van der Waals surface area contributed by atoms with Crippen LogP contribution in [0.4, 0.5) is 0 Å². The monoisotopic (exact) mass is 269 g/mol. The molecule has 0 aromatic heterocycles. The number of likely N-dealkylation sites (N-methyl/N-ethyl adjacent to an activating group) is 1. The molecule has 4 nitrogen and oxygen atoms in total. The van der Waals surface area contributed by atoms with Gasteiger partial charge in [-0.2, -0.15) is 0 Å². The highest BCUT2D eigenvalue weighted by Crippen LogP contribution is 2.25. The maximum atomic E-state index is 11.7. The van der Waals surface area contributed by atoms with Crippen molar-refractivity contribution < 1.29 is 4.79 Å². The van der Waals surface area contributed by atoms with E-state index >= 15 is 0 Å². The first-order valence-corrected chi connectivity index (χ1v) is 7.62. The Kier molecular flexibility index (Phi) is 6.27. The first-order chi connectivity index (χ1) is 8.89. The minimum absolute atomic E-state index is 0.262. The first kappa shape index (κ1) is 16.4. The van der Waals surface area contributed by atoms with Crippen LogP contribution in [-0.2, 0) is 4.79 Å². The van der Waals surface area contributed by atoms with Crippen LogP contribution in [0.5, 0.6) is 0 Å². The van der Waals surface area contributed by atoms with Crippen LogP contribution in [0.25, 0.3) is 0 Å². The number of amides is 1. The molecule has 1 amide bonds. The third-order valence-electron chi connectivity index (χ3n) is 4.45. The summed E-state index contributed by atoms with van der Waals surface area (Å²) in [7, 11) is 1.82. The highest BCUT2D eigenvalue weighted by molar-refractivity contribution is 5.84. The second kappa shape index (κ2) is 7.25. The van der Waals surface area contributed by atoms with Crippen molar-refractivity contribution in [3.63, 3.8) is 0 Å². The smallest absolute Gasteiger partial charge is 0.238 e. The van der Waals surface area contributed by atoms with Crippen LogP contribution in [0.1, 0.15) is 52.9 Å². The third-order valence-corrected chi connectivity index (χ3v) is 4.45. The molecule has 1 fully saturated rings. The Morgan fingerprint density at radius 1 is 1.42 bits per heavy atom. The number of hydrogen-bond acceptors (Lipinski definition) is 3. The first-order valence-electron chi connectivity index (χ1n) is 7.62. The summed E-state index contributed by atoms with van der Waals surface area (Å²) in [6, 6.07) is 0.630. The van der Waals surface area contributed by atoms with Crippen molar-refractivity contribution in [3.05, 3.63) is 0 Å². The summed E-state index contributed by atoms with van der Waals surface area (Å²) in [5.41, 5.74) is 4.93. The van der Waals surface area contributed by atoms with Gasteiger partial charge in [0, 0.05) is 12.6 Å². The summed E-state index contributed by atoms with van der Waals surface area (Å²) in [5.74, 6) is 0.431. The van der Waals surface area contributed by atoms with Gasteiger partial charge >= 0.3 is 0 Å². The van der Waals surface area contributed by atoms with Crippen molar-refractivity contribution in [2.45, 2.75) is 64.5 Å². The van der Waals surface area contributed by atoms with Crippen LogP contribution in [0, 0.1) is 5.92 Å². The largest absolute Gasteiger partial charge is 0.368 e. The highest BCUT2D eigenvalue weighted by atomic mass is 16.1. The fraction of sp³-hybridized carbons (Fsp3) is 0.933. The van der Waals surface area contributed by atoms with Crippen LogP contribution in [0.15, 0.2) is 0 Å². The molecule has 0 aromatic rings. The summed E-state index contributed by atoms with van der Waals surface area (Å²) in [5, 5.41) is 3.10. The summed E-state index contributed by atoms with van der Waals surface area (Å²) >= 11 is 0. The van der Waals surface area contributed by atoms with Crippen LogP contribution in [-0.4, -0.2) is 42.5 Å². The number of nitrogens with zero attached hydrogens (tertiary/aromatic N) is 1. The lowest BCUT2D eigenvalue weighted by molar-refractivity contribution is -0.124. The Bertz CT molecular complexity index is 287. The maximum absolute atomic E-state index is 11.7. The van der Waals surface area contributed by atoms with Crippen LogP contribution in [0.2, 0.25) is 0 Å². The molecule has 0 aromatic carbocycles. The minimum atomic E-state index is -0.625. The normalized spacial score (nSPS) is 20.1. The van der Waals surface area contributed by atoms with Gasteiger partial charge in [-0.1, -0.05) is 26.7 Å². The van der Waals surface area contributed by atoms with Gasteiger partial charge in [-0.3, -0.25) is 9.69 Å². The van der Waals surface area contributed by atoms with Gasteiger partial charge in [0.2, 0.25) is 5.91 Å². The van der Waals surface area contributed by atoms with E-state index in [2.05, 4.69) is 24.1 Å². The molecule has 4 heteroatoms. The van der Waals surface area contributed by atoms with Crippen molar-refractivity contribution in [3.8, 4) is 0 Å². The van der Waals surface area contributed by atoms with Gasteiger partial charge < -0.3 is 11.1 Å². The SMILES string of the molecule is CNC(C)(CN(CCC(C)C)C1CCCC1)C(N)=O. The number of carbonyl (C=O) groups is 1. The third kappa shape index (κ3) is 4.77. The number of hydrogen-bond donors (Lipinski definition) is 2. The summed E-state index contributed by atoms with van der Waals surface area (Å²) in [6.07, 6.45) is 6.33. The van der Waals surface area contributed by atoms with Crippen molar-refractivity contribution >= 4 is 5.91 Å². The molecule has 1 unspecified atom stereocenters. The van der Waals surface area contributed by atoms with Gasteiger partial charge in [0.1, 0.15) is 5.54 Å². The van der Waals surface area contributed by atoms with E-state index in [1.165, 1.54) is 32.1 Å². The lowest BCUT2D eigenvalue weighted by atomic mass is 9.98. The molecule has 0 aliphatic heterocycles. The van der Waals surface area contributed by atoms with E-state index in [1.54, 1.807) is 0 Å². The Morgan fingerprint density at radius 3 is 2.42 bits per heavy atom. The molecule has 0 spiro atoms. The lowest BCUT2D eigenvalue weighted by Crippen LogP contribution is -2.59. The zero-order valence-corrected chi connectivity index (χ0v) is 13.0. The summed E-state index contributed by atoms with van der Waals surface area (Å²) in [6.45, 7) is 8.19. The summed E-state index contributed by atoms with van der Waals surface area (Å²) < 4.78 is 0. The van der Waals surface area contributed by atoms with Crippen LogP contribution in [0.3, 0.4) is 0 Å². The van der Waals surface area contributed by atoms with E-state index in [0.717, 1.165) is 13.1 Å². The quantitative estimate of drug-likeness (QED) is 0.705. The van der Waals surface area contributed by atoms with E-state index in [0.29, 0.717) is 12.0 Å². The van der Waals surface area contributed by atoms with Crippen LogP contribution >= 0.6 is 0 Å². The van der Waals surface area contributed by atoms with Crippen molar-refractivity contribution in [2.24, 2.45) is 11.7 Å². The van der Waals surface area contributed by atoms with Crippen molar-refractivity contribution in [2.75, 3.05) is 20.1 Å².